The van der Waals surface area contributed by atoms with Crippen molar-refractivity contribution in [3.8, 4) is 0 Å². The fourth-order valence-corrected chi connectivity index (χ4v) is 2.33. The summed E-state index contributed by atoms with van der Waals surface area (Å²) in [6.45, 7) is 2.71. The van der Waals surface area contributed by atoms with E-state index in [0.29, 0.717) is 12.8 Å². The second-order valence-electron chi connectivity index (χ2n) is 4.99. The molecule has 0 bridgehead atoms. The summed E-state index contributed by atoms with van der Waals surface area (Å²) in [5, 5.41) is 16.3. The minimum atomic E-state index is -0.675. The quantitative estimate of drug-likeness (QED) is 0.656. The molecule has 0 saturated carbocycles. The molecule has 7 heteroatoms. The van der Waals surface area contributed by atoms with Crippen LogP contribution in [0, 0.1) is 21.8 Å². The van der Waals surface area contributed by atoms with Gasteiger partial charge in [0.25, 0.3) is 5.69 Å². The number of piperidine rings is 1. The average molecular weight is 281 g/mol. The first-order valence-corrected chi connectivity index (χ1v) is 6.45. The van der Waals surface area contributed by atoms with Gasteiger partial charge in [-0.25, -0.2) is 4.39 Å². The first-order valence-electron chi connectivity index (χ1n) is 6.45. The summed E-state index contributed by atoms with van der Waals surface area (Å²) in [5.74, 6) is -1.17. The van der Waals surface area contributed by atoms with Gasteiger partial charge in [0.05, 0.1) is 10.6 Å². The lowest BCUT2D eigenvalue weighted by molar-refractivity contribution is -0.384. The van der Waals surface area contributed by atoms with E-state index in [2.05, 4.69) is 10.6 Å². The van der Waals surface area contributed by atoms with E-state index in [0.717, 1.165) is 24.7 Å². The van der Waals surface area contributed by atoms with Crippen LogP contribution in [0.15, 0.2) is 18.2 Å². The lowest BCUT2D eigenvalue weighted by Gasteiger charge is -2.27. The number of carbonyl (C=O) groups is 1. The lowest BCUT2D eigenvalue weighted by atomic mass is 9.92. The van der Waals surface area contributed by atoms with E-state index < -0.39 is 10.7 Å². The van der Waals surface area contributed by atoms with Crippen LogP contribution < -0.4 is 10.6 Å². The third-order valence-electron chi connectivity index (χ3n) is 3.41. The SMILES string of the molecule is CC1CC(C(=O)Nc2cc([N+](=O)[O-])ccc2F)CCN1. The molecule has 6 nitrogen and oxygen atoms in total. The molecule has 1 fully saturated rings. The molecule has 1 amide bonds. The van der Waals surface area contributed by atoms with Crippen molar-refractivity contribution in [3.05, 3.63) is 34.1 Å². The van der Waals surface area contributed by atoms with Gasteiger partial charge in [0, 0.05) is 24.1 Å². The third-order valence-corrected chi connectivity index (χ3v) is 3.41. The number of nitrogens with zero attached hydrogens (tertiary/aromatic N) is 1. The standard InChI is InChI=1S/C13H16FN3O3/c1-8-6-9(4-5-15-8)13(18)16-12-7-10(17(19)20)2-3-11(12)14/h2-3,7-9,15H,4-6H2,1H3,(H,16,18). The number of anilines is 1. The minimum absolute atomic E-state index is 0.143. The topological polar surface area (TPSA) is 84.3 Å². The predicted octanol–water partition coefficient (Wildman–Crippen LogP) is 2.06. The molecule has 2 unspecified atom stereocenters. The first-order chi connectivity index (χ1) is 9.47. The van der Waals surface area contributed by atoms with E-state index in [1.807, 2.05) is 6.92 Å². The summed E-state index contributed by atoms with van der Waals surface area (Å²) in [4.78, 5) is 22.1. The number of carbonyl (C=O) groups excluding carboxylic acids is 1. The van der Waals surface area contributed by atoms with Crippen LogP contribution in [0.1, 0.15) is 19.8 Å². The number of halogens is 1. The molecule has 2 atom stereocenters. The monoisotopic (exact) mass is 281 g/mol. The van der Waals surface area contributed by atoms with Crippen molar-refractivity contribution >= 4 is 17.3 Å². The van der Waals surface area contributed by atoms with Gasteiger partial charge in [0.1, 0.15) is 5.82 Å². The van der Waals surface area contributed by atoms with Crippen molar-refractivity contribution in [1.82, 2.24) is 5.32 Å². The van der Waals surface area contributed by atoms with Gasteiger partial charge in [0.2, 0.25) is 5.91 Å². The lowest BCUT2D eigenvalue weighted by Crippen LogP contribution is -2.40. The predicted molar refractivity (Wildman–Crippen MR) is 71.9 cm³/mol. The molecule has 1 aliphatic rings. The molecular weight excluding hydrogens is 265 g/mol. The number of benzene rings is 1. The van der Waals surface area contributed by atoms with Crippen LogP contribution in [0.4, 0.5) is 15.8 Å². The fraction of sp³-hybridized carbons (Fsp3) is 0.462. The van der Waals surface area contributed by atoms with Gasteiger partial charge in [-0.1, -0.05) is 0 Å². The van der Waals surface area contributed by atoms with Crippen LogP contribution in [0.5, 0.6) is 0 Å². The smallest absolute Gasteiger partial charge is 0.271 e. The Morgan fingerprint density at radius 3 is 2.95 bits per heavy atom. The zero-order valence-corrected chi connectivity index (χ0v) is 11.1. The second-order valence-corrected chi connectivity index (χ2v) is 4.99. The summed E-state index contributed by atoms with van der Waals surface area (Å²) in [5.41, 5.74) is -0.393. The van der Waals surface area contributed by atoms with Gasteiger partial charge in [-0.3, -0.25) is 14.9 Å². The molecule has 1 aliphatic heterocycles. The molecule has 1 heterocycles. The Kier molecular flexibility index (Phi) is 4.29. The highest BCUT2D eigenvalue weighted by Crippen LogP contribution is 2.23. The molecule has 1 aromatic rings. The van der Waals surface area contributed by atoms with E-state index in [1.54, 1.807) is 0 Å². The number of rotatable bonds is 3. The van der Waals surface area contributed by atoms with Crippen molar-refractivity contribution in [2.24, 2.45) is 5.92 Å². The molecule has 20 heavy (non-hydrogen) atoms. The molecular formula is C13H16FN3O3. The molecule has 0 radical (unpaired) electrons. The number of hydrogen-bond acceptors (Lipinski definition) is 4. The maximum atomic E-state index is 13.6. The Bertz CT molecular complexity index is 536. The summed E-state index contributed by atoms with van der Waals surface area (Å²) in [6, 6.07) is 3.32. The van der Waals surface area contributed by atoms with Gasteiger partial charge < -0.3 is 10.6 Å². The van der Waals surface area contributed by atoms with E-state index in [-0.39, 0.29) is 29.2 Å². The molecule has 1 aromatic carbocycles. The van der Waals surface area contributed by atoms with Crippen LogP contribution in [-0.4, -0.2) is 23.4 Å². The van der Waals surface area contributed by atoms with Crippen molar-refractivity contribution in [1.29, 1.82) is 0 Å². The van der Waals surface area contributed by atoms with E-state index >= 15 is 0 Å². The Morgan fingerprint density at radius 1 is 1.55 bits per heavy atom. The van der Waals surface area contributed by atoms with Crippen LogP contribution in [0.3, 0.4) is 0 Å². The minimum Gasteiger partial charge on any atom is -0.323 e. The molecule has 2 N–H and O–H groups in total. The Balaban J connectivity index is 2.10. The number of non-ortho nitro benzene ring substituents is 1. The van der Waals surface area contributed by atoms with Crippen LogP contribution in [0.25, 0.3) is 0 Å². The second kappa shape index (κ2) is 5.96. The van der Waals surface area contributed by atoms with Crippen molar-refractivity contribution < 1.29 is 14.1 Å². The largest absolute Gasteiger partial charge is 0.323 e. The van der Waals surface area contributed by atoms with Crippen LogP contribution in [0.2, 0.25) is 0 Å². The number of amides is 1. The summed E-state index contributed by atoms with van der Waals surface area (Å²) in [7, 11) is 0. The average Bonchev–Trinajstić information content (AvgIpc) is 2.41. The molecule has 2 rings (SSSR count). The van der Waals surface area contributed by atoms with Gasteiger partial charge in [0.15, 0.2) is 0 Å². The summed E-state index contributed by atoms with van der Waals surface area (Å²) >= 11 is 0. The Morgan fingerprint density at radius 2 is 2.30 bits per heavy atom. The van der Waals surface area contributed by atoms with E-state index in [4.69, 9.17) is 0 Å². The number of nitrogens with one attached hydrogen (secondary N) is 2. The van der Waals surface area contributed by atoms with Crippen LogP contribution in [-0.2, 0) is 4.79 Å². The summed E-state index contributed by atoms with van der Waals surface area (Å²) < 4.78 is 13.6. The summed E-state index contributed by atoms with van der Waals surface area (Å²) in [6.07, 6.45) is 1.34. The highest BCUT2D eigenvalue weighted by Gasteiger charge is 2.25. The van der Waals surface area contributed by atoms with E-state index in [1.165, 1.54) is 0 Å². The first kappa shape index (κ1) is 14.4. The highest BCUT2D eigenvalue weighted by molar-refractivity contribution is 5.93. The molecule has 1 saturated heterocycles. The normalized spacial score (nSPS) is 22.3. The molecule has 0 aromatic heterocycles. The van der Waals surface area contributed by atoms with Crippen LogP contribution >= 0.6 is 0 Å². The molecule has 108 valence electrons. The zero-order chi connectivity index (χ0) is 14.7. The van der Waals surface area contributed by atoms with Gasteiger partial charge >= 0.3 is 0 Å². The van der Waals surface area contributed by atoms with E-state index in [9.17, 15) is 19.3 Å². The van der Waals surface area contributed by atoms with Gasteiger partial charge in [-0.2, -0.15) is 0 Å². The number of nitro groups is 1. The van der Waals surface area contributed by atoms with Gasteiger partial charge in [-0.05, 0) is 32.4 Å². The third kappa shape index (κ3) is 3.30. The van der Waals surface area contributed by atoms with Gasteiger partial charge in [-0.15, -0.1) is 0 Å². The van der Waals surface area contributed by atoms with Crippen molar-refractivity contribution in [2.45, 2.75) is 25.8 Å². The maximum Gasteiger partial charge on any atom is 0.271 e. The Hall–Kier alpha value is -2.02. The molecule has 0 aliphatic carbocycles. The fourth-order valence-electron chi connectivity index (χ4n) is 2.33. The number of hydrogen-bond donors (Lipinski definition) is 2. The Labute approximate surface area is 115 Å². The zero-order valence-electron chi connectivity index (χ0n) is 11.1. The van der Waals surface area contributed by atoms with Crippen molar-refractivity contribution in [3.63, 3.8) is 0 Å². The highest BCUT2D eigenvalue weighted by atomic mass is 19.1. The van der Waals surface area contributed by atoms with Crippen molar-refractivity contribution in [2.75, 3.05) is 11.9 Å². The maximum absolute atomic E-state index is 13.6. The number of nitro benzene ring substituents is 1. The molecule has 0 spiro atoms.